The molecule has 2 aliphatic heterocycles. The molecule has 1 N–H and O–H groups in total. The third kappa shape index (κ3) is 5.71. The van der Waals surface area contributed by atoms with Crippen LogP contribution in [0.15, 0.2) is 11.0 Å². The molecule has 2 fully saturated rings. The molecule has 3 heterocycles. The van der Waals surface area contributed by atoms with Crippen LogP contribution in [-0.4, -0.2) is 97.4 Å². The zero-order valence-corrected chi connectivity index (χ0v) is 19.0. The van der Waals surface area contributed by atoms with E-state index in [9.17, 15) is 9.59 Å². The topological polar surface area (TPSA) is 84.9 Å². The van der Waals surface area contributed by atoms with E-state index in [0.717, 1.165) is 69.9 Å². The molecule has 164 valence electrons. The van der Waals surface area contributed by atoms with Crippen molar-refractivity contribution in [2.24, 2.45) is 0 Å². The number of nitrogens with one attached hydrogen (secondary N) is 1. The summed E-state index contributed by atoms with van der Waals surface area (Å²) in [7, 11) is 4.11. The fourth-order valence-corrected chi connectivity index (χ4v) is 4.04. The summed E-state index contributed by atoms with van der Waals surface area (Å²) in [5, 5.41) is 1.94. The number of nitrogens with zero attached hydrogens (tertiary/aromatic N) is 6. The van der Waals surface area contributed by atoms with Crippen LogP contribution in [0, 0.1) is 0 Å². The van der Waals surface area contributed by atoms with Gasteiger partial charge in [-0.25, -0.2) is 4.98 Å². The van der Waals surface area contributed by atoms with Crippen molar-refractivity contribution >= 4 is 40.8 Å². The van der Waals surface area contributed by atoms with Gasteiger partial charge in [-0.15, -0.1) is 0 Å². The van der Waals surface area contributed by atoms with Crippen LogP contribution in [-0.2, 0) is 4.79 Å². The molecule has 30 heavy (non-hydrogen) atoms. The second-order valence-electron chi connectivity index (χ2n) is 7.54. The molecule has 0 unspecified atom stereocenters. The molecule has 10 heteroatoms. The maximum atomic E-state index is 12.0. The fraction of sp³-hybridized carbons (Fsp3) is 0.600. The van der Waals surface area contributed by atoms with E-state index in [0.29, 0.717) is 16.5 Å². The molecular weight excluding hydrogens is 402 g/mol. The molecular formula is C20H31N7O2S. The lowest BCUT2D eigenvalue weighted by Crippen LogP contribution is -2.45. The van der Waals surface area contributed by atoms with Gasteiger partial charge in [0.1, 0.15) is 5.82 Å². The lowest BCUT2D eigenvalue weighted by atomic mass is 10.3. The minimum absolute atomic E-state index is 0.351. The maximum absolute atomic E-state index is 12.0. The first-order chi connectivity index (χ1) is 14.4. The van der Waals surface area contributed by atoms with E-state index in [-0.39, 0.29) is 11.1 Å². The summed E-state index contributed by atoms with van der Waals surface area (Å²) in [6, 6.07) is 1.90. The fourth-order valence-electron chi connectivity index (χ4n) is 3.37. The van der Waals surface area contributed by atoms with E-state index in [1.807, 2.05) is 18.0 Å². The summed E-state index contributed by atoms with van der Waals surface area (Å²) in [6.07, 6.45) is 1.67. The average molecular weight is 434 g/mol. The van der Waals surface area contributed by atoms with Gasteiger partial charge in [0.05, 0.1) is 10.6 Å². The van der Waals surface area contributed by atoms with Gasteiger partial charge in [-0.2, -0.15) is 4.98 Å². The van der Waals surface area contributed by atoms with Crippen LogP contribution in [0.3, 0.4) is 0 Å². The number of likely N-dealkylation sites (N-methyl/N-ethyl adjacent to an activating group) is 3. The van der Waals surface area contributed by atoms with E-state index in [1.54, 1.807) is 6.08 Å². The molecule has 2 saturated heterocycles. The number of carbonyl (C=O) groups excluding carboxylic acids is 2. The van der Waals surface area contributed by atoms with E-state index in [4.69, 9.17) is 4.98 Å². The molecule has 2 aliphatic rings. The zero-order chi connectivity index (χ0) is 21.7. The normalized spacial score (nSPS) is 19.1. The Morgan fingerprint density at radius 1 is 1.13 bits per heavy atom. The molecule has 0 radical (unpaired) electrons. The first kappa shape index (κ1) is 22.5. The monoisotopic (exact) mass is 433 g/mol. The molecule has 1 aromatic rings. The van der Waals surface area contributed by atoms with Gasteiger partial charge in [0, 0.05) is 52.4 Å². The second kappa shape index (κ2) is 10.2. The Balaban J connectivity index is 1.87. The summed E-state index contributed by atoms with van der Waals surface area (Å²) in [5.74, 6) is 1.10. The van der Waals surface area contributed by atoms with Crippen molar-refractivity contribution in [2.75, 3.05) is 76.3 Å². The number of aromatic nitrogens is 2. The predicted octanol–water partition coefficient (Wildman–Crippen LogP) is 1.33. The third-order valence-corrected chi connectivity index (χ3v) is 6.27. The van der Waals surface area contributed by atoms with Crippen molar-refractivity contribution in [3.8, 4) is 0 Å². The van der Waals surface area contributed by atoms with Crippen molar-refractivity contribution in [1.29, 1.82) is 0 Å². The van der Waals surface area contributed by atoms with Gasteiger partial charge in [0.25, 0.3) is 11.1 Å². The van der Waals surface area contributed by atoms with Gasteiger partial charge in [0.15, 0.2) is 0 Å². The highest BCUT2D eigenvalue weighted by Gasteiger charge is 2.26. The lowest BCUT2D eigenvalue weighted by Gasteiger charge is -2.33. The first-order valence-corrected chi connectivity index (χ1v) is 11.2. The van der Waals surface area contributed by atoms with Crippen LogP contribution in [0.4, 0.5) is 16.6 Å². The number of hydrogen-bond donors (Lipinski definition) is 1. The predicted molar refractivity (Wildman–Crippen MR) is 122 cm³/mol. The lowest BCUT2D eigenvalue weighted by molar-refractivity contribution is -0.115. The Labute approximate surface area is 182 Å². The van der Waals surface area contributed by atoms with Crippen molar-refractivity contribution in [2.45, 2.75) is 13.8 Å². The van der Waals surface area contributed by atoms with Crippen LogP contribution in [0.1, 0.15) is 19.5 Å². The number of thioether (sulfide) groups is 1. The van der Waals surface area contributed by atoms with Crippen LogP contribution in [0.5, 0.6) is 0 Å². The SMILES string of the molecule is CCN(CC)CCN(C)c1nc(C=C2SC(=O)NC2=O)cc(N2CCN(C)CC2)n1. The van der Waals surface area contributed by atoms with Gasteiger partial charge < -0.3 is 19.6 Å². The first-order valence-electron chi connectivity index (χ1n) is 10.4. The van der Waals surface area contributed by atoms with Gasteiger partial charge in [-0.3, -0.25) is 14.9 Å². The Morgan fingerprint density at radius 2 is 1.83 bits per heavy atom. The summed E-state index contributed by atoms with van der Waals surface area (Å²) >= 11 is 0.905. The Hall–Kier alpha value is -2.17. The van der Waals surface area contributed by atoms with Crippen LogP contribution in [0.25, 0.3) is 6.08 Å². The number of amides is 2. The molecule has 0 spiro atoms. The maximum Gasteiger partial charge on any atom is 0.290 e. The second-order valence-corrected chi connectivity index (χ2v) is 8.56. The number of carbonyl (C=O) groups is 2. The van der Waals surface area contributed by atoms with Gasteiger partial charge in [-0.05, 0) is 38.0 Å². The van der Waals surface area contributed by atoms with Crippen LogP contribution < -0.4 is 15.1 Å². The van der Waals surface area contributed by atoms with E-state index < -0.39 is 0 Å². The molecule has 0 aromatic carbocycles. The van der Waals surface area contributed by atoms with Gasteiger partial charge in [0.2, 0.25) is 5.95 Å². The highest BCUT2D eigenvalue weighted by atomic mass is 32.2. The molecule has 0 bridgehead atoms. The Bertz CT molecular complexity index is 804. The Morgan fingerprint density at radius 3 is 2.43 bits per heavy atom. The molecule has 2 amide bonds. The number of hydrogen-bond acceptors (Lipinski definition) is 9. The summed E-state index contributed by atoms with van der Waals surface area (Å²) in [4.78, 5) is 42.3. The van der Waals surface area contributed by atoms with E-state index >= 15 is 0 Å². The molecule has 9 nitrogen and oxygen atoms in total. The van der Waals surface area contributed by atoms with Crippen molar-refractivity contribution in [1.82, 2.24) is 25.1 Å². The van der Waals surface area contributed by atoms with Crippen molar-refractivity contribution in [3.05, 3.63) is 16.7 Å². The van der Waals surface area contributed by atoms with E-state index in [1.165, 1.54) is 0 Å². The number of anilines is 2. The standard InChI is InChI=1S/C20H31N7O2S/c1-5-26(6-2)10-9-25(4)19-21-15(13-16-18(28)23-20(29)30-16)14-17(22-19)27-11-7-24(3)8-12-27/h13-14H,5-12H2,1-4H3,(H,23,28,29). The number of rotatable bonds is 8. The van der Waals surface area contributed by atoms with Gasteiger partial charge >= 0.3 is 0 Å². The molecule has 0 atom stereocenters. The summed E-state index contributed by atoms with van der Waals surface area (Å²) < 4.78 is 0. The molecule has 3 rings (SSSR count). The molecule has 0 saturated carbocycles. The largest absolute Gasteiger partial charge is 0.354 e. The average Bonchev–Trinajstić information content (AvgIpc) is 3.05. The molecule has 0 aliphatic carbocycles. The van der Waals surface area contributed by atoms with Crippen molar-refractivity contribution in [3.63, 3.8) is 0 Å². The van der Waals surface area contributed by atoms with Gasteiger partial charge in [-0.1, -0.05) is 13.8 Å². The minimum atomic E-state index is -0.374. The highest BCUT2D eigenvalue weighted by molar-refractivity contribution is 8.18. The summed E-state index contributed by atoms with van der Waals surface area (Å²) in [6.45, 7) is 11.8. The minimum Gasteiger partial charge on any atom is -0.354 e. The number of imide groups is 1. The van der Waals surface area contributed by atoms with Crippen molar-refractivity contribution < 1.29 is 9.59 Å². The highest BCUT2D eigenvalue weighted by Crippen LogP contribution is 2.27. The smallest absolute Gasteiger partial charge is 0.290 e. The van der Waals surface area contributed by atoms with Crippen LogP contribution >= 0.6 is 11.8 Å². The Kier molecular flexibility index (Phi) is 7.68. The van der Waals surface area contributed by atoms with Crippen LogP contribution in [0.2, 0.25) is 0 Å². The quantitative estimate of drug-likeness (QED) is 0.610. The third-order valence-electron chi connectivity index (χ3n) is 5.46. The number of piperazine rings is 1. The zero-order valence-electron chi connectivity index (χ0n) is 18.2. The summed E-state index contributed by atoms with van der Waals surface area (Å²) in [5.41, 5.74) is 0.635. The van der Waals surface area contributed by atoms with E-state index in [2.05, 4.69) is 45.9 Å². The molecule has 1 aromatic heterocycles.